The van der Waals surface area contributed by atoms with Gasteiger partial charge in [0.25, 0.3) is 0 Å². The van der Waals surface area contributed by atoms with Crippen molar-refractivity contribution >= 4 is 15.9 Å². The van der Waals surface area contributed by atoms with Crippen LogP contribution in [0.3, 0.4) is 0 Å². The smallest absolute Gasteiger partial charge is 0.127 e. The SMILES string of the molecule is Fc1cc(Br)cc2c1CC(c1ccccc1)NC2. The van der Waals surface area contributed by atoms with Crippen molar-refractivity contribution in [1.82, 2.24) is 5.32 Å². The van der Waals surface area contributed by atoms with Gasteiger partial charge in [-0.2, -0.15) is 0 Å². The molecule has 0 aliphatic carbocycles. The summed E-state index contributed by atoms with van der Waals surface area (Å²) in [4.78, 5) is 0. The van der Waals surface area contributed by atoms with Crippen LogP contribution in [0.25, 0.3) is 0 Å². The van der Waals surface area contributed by atoms with Crippen LogP contribution >= 0.6 is 15.9 Å². The van der Waals surface area contributed by atoms with Crippen molar-refractivity contribution in [2.24, 2.45) is 0 Å². The molecule has 92 valence electrons. The lowest BCUT2D eigenvalue weighted by Gasteiger charge is -2.27. The minimum absolute atomic E-state index is 0.109. The van der Waals surface area contributed by atoms with Crippen molar-refractivity contribution in [3.63, 3.8) is 0 Å². The second-order valence-corrected chi connectivity index (χ2v) is 5.49. The fourth-order valence-corrected chi connectivity index (χ4v) is 2.95. The fourth-order valence-electron chi connectivity index (χ4n) is 2.47. The van der Waals surface area contributed by atoms with Gasteiger partial charge in [0.05, 0.1) is 0 Å². The molecule has 3 rings (SSSR count). The standard InChI is InChI=1S/C15H13BrFN/c16-12-6-11-9-18-15(8-13(11)14(17)7-12)10-4-2-1-3-5-10/h1-7,15,18H,8-9H2. The number of halogens is 2. The Kier molecular flexibility index (Phi) is 3.18. The molecular weight excluding hydrogens is 293 g/mol. The van der Waals surface area contributed by atoms with Crippen molar-refractivity contribution in [3.8, 4) is 0 Å². The lowest BCUT2D eigenvalue weighted by atomic mass is 9.91. The summed E-state index contributed by atoms with van der Waals surface area (Å²) in [7, 11) is 0. The number of nitrogens with one attached hydrogen (secondary N) is 1. The van der Waals surface area contributed by atoms with Gasteiger partial charge in [0, 0.05) is 17.1 Å². The Bertz CT molecular complexity index is 568. The van der Waals surface area contributed by atoms with Gasteiger partial charge in [-0.05, 0) is 35.2 Å². The Morgan fingerprint density at radius 2 is 1.94 bits per heavy atom. The summed E-state index contributed by atoms with van der Waals surface area (Å²) < 4.78 is 14.8. The summed E-state index contributed by atoms with van der Waals surface area (Å²) in [6.07, 6.45) is 0.707. The summed E-state index contributed by atoms with van der Waals surface area (Å²) in [5, 5.41) is 3.46. The van der Waals surface area contributed by atoms with E-state index in [1.165, 1.54) is 5.56 Å². The van der Waals surface area contributed by atoms with E-state index >= 15 is 0 Å². The highest BCUT2D eigenvalue weighted by atomic mass is 79.9. The molecular formula is C15H13BrFN. The first kappa shape index (κ1) is 11.9. The highest BCUT2D eigenvalue weighted by molar-refractivity contribution is 9.10. The summed E-state index contributed by atoms with van der Waals surface area (Å²) in [6.45, 7) is 0.714. The van der Waals surface area contributed by atoms with E-state index in [-0.39, 0.29) is 11.9 Å². The van der Waals surface area contributed by atoms with Gasteiger partial charge in [-0.3, -0.25) is 0 Å². The predicted octanol–water partition coefficient (Wildman–Crippen LogP) is 3.98. The first-order valence-electron chi connectivity index (χ1n) is 5.99. The number of rotatable bonds is 1. The Morgan fingerprint density at radius 3 is 2.72 bits per heavy atom. The molecule has 1 heterocycles. The zero-order chi connectivity index (χ0) is 12.5. The average molecular weight is 306 g/mol. The molecule has 0 bridgehead atoms. The van der Waals surface area contributed by atoms with Crippen molar-refractivity contribution in [3.05, 3.63) is 69.4 Å². The summed E-state index contributed by atoms with van der Waals surface area (Å²) in [6, 6.07) is 13.9. The molecule has 0 amide bonds. The Labute approximate surface area is 114 Å². The van der Waals surface area contributed by atoms with Gasteiger partial charge in [-0.25, -0.2) is 4.39 Å². The first-order valence-corrected chi connectivity index (χ1v) is 6.78. The van der Waals surface area contributed by atoms with Gasteiger partial charge < -0.3 is 5.32 Å². The molecule has 1 aliphatic rings. The van der Waals surface area contributed by atoms with E-state index in [9.17, 15) is 4.39 Å². The first-order chi connectivity index (χ1) is 8.74. The highest BCUT2D eigenvalue weighted by Crippen LogP contribution is 2.29. The Morgan fingerprint density at radius 1 is 1.17 bits per heavy atom. The molecule has 0 spiro atoms. The lowest BCUT2D eigenvalue weighted by molar-refractivity contribution is 0.477. The molecule has 0 aromatic heterocycles. The van der Waals surface area contributed by atoms with Crippen LogP contribution in [0.15, 0.2) is 46.9 Å². The molecule has 0 saturated carbocycles. The number of hydrogen-bond acceptors (Lipinski definition) is 1. The molecule has 1 unspecified atom stereocenters. The van der Waals surface area contributed by atoms with Gasteiger partial charge in [-0.15, -0.1) is 0 Å². The third kappa shape index (κ3) is 2.20. The van der Waals surface area contributed by atoms with Crippen LogP contribution in [0.5, 0.6) is 0 Å². The van der Waals surface area contributed by atoms with E-state index in [2.05, 4.69) is 33.4 Å². The van der Waals surface area contributed by atoms with E-state index in [4.69, 9.17) is 0 Å². The Hall–Kier alpha value is -1.19. The molecule has 1 N–H and O–H groups in total. The molecule has 18 heavy (non-hydrogen) atoms. The summed E-state index contributed by atoms with van der Waals surface area (Å²) in [5.74, 6) is -0.109. The van der Waals surface area contributed by atoms with Crippen molar-refractivity contribution < 1.29 is 4.39 Å². The van der Waals surface area contributed by atoms with Crippen LogP contribution in [-0.2, 0) is 13.0 Å². The molecule has 0 fully saturated rings. The number of fused-ring (bicyclic) bond motifs is 1. The maximum atomic E-state index is 14.0. The number of benzene rings is 2. The third-order valence-electron chi connectivity index (χ3n) is 3.40. The molecule has 3 heteroatoms. The minimum atomic E-state index is -0.109. The van der Waals surface area contributed by atoms with Gasteiger partial charge in [0.15, 0.2) is 0 Å². The van der Waals surface area contributed by atoms with Crippen molar-refractivity contribution in [2.45, 2.75) is 19.0 Å². The van der Waals surface area contributed by atoms with Crippen LogP contribution in [0.2, 0.25) is 0 Å². The van der Waals surface area contributed by atoms with Gasteiger partial charge in [-0.1, -0.05) is 46.3 Å². The van der Waals surface area contributed by atoms with Gasteiger partial charge >= 0.3 is 0 Å². The monoisotopic (exact) mass is 305 g/mol. The van der Waals surface area contributed by atoms with Crippen LogP contribution in [-0.4, -0.2) is 0 Å². The quantitative estimate of drug-likeness (QED) is 0.840. The maximum absolute atomic E-state index is 14.0. The second kappa shape index (κ2) is 4.82. The van der Waals surface area contributed by atoms with Crippen LogP contribution in [0.1, 0.15) is 22.7 Å². The third-order valence-corrected chi connectivity index (χ3v) is 3.86. The molecule has 0 saturated heterocycles. The van der Waals surface area contributed by atoms with Gasteiger partial charge in [0.2, 0.25) is 0 Å². The number of hydrogen-bond donors (Lipinski definition) is 1. The minimum Gasteiger partial charge on any atom is -0.306 e. The molecule has 0 radical (unpaired) electrons. The highest BCUT2D eigenvalue weighted by Gasteiger charge is 2.22. The predicted molar refractivity (Wildman–Crippen MR) is 73.8 cm³/mol. The average Bonchev–Trinajstić information content (AvgIpc) is 2.39. The largest absolute Gasteiger partial charge is 0.306 e. The Balaban J connectivity index is 1.94. The lowest BCUT2D eigenvalue weighted by Crippen LogP contribution is -2.29. The normalized spacial score (nSPS) is 18.4. The molecule has 1 atom stereocenters. The van der Waals surface area contributed by atoms with Crippen molar-refractivity contribution in [1.29, 1.82) is 0 Å². The van der Waals surface area contributed by atoms with E-state index in [1.807, 2.05) is 24.3 Å². The molecule has 1 nitrogen and oxygen atoms in total. The van der Waals surface area contributed by atoms with Crippen LogP contribution in [0, 0.1) is 5.82 Å². The zero-order valence-corrected chi connectivity index (χ0v) is 11.4. The molecule has 2 aromatic rings. The maximum Gasteiger partial charge on any atom is 0.127 e. The fraction of sp³-hybridized carbons (Fsp3) is 0.200. The zero-order valence-electron chi connectivity index (χ0n) is 9.79. The van der Waals surface area contributed by atoms with Crippen molar-refractivity contribution in [2.75, 3.05) is 0 Å². The molecule has 1 aliphatic heterocycles. The summed E-state index contributed by atoms with van der Waals surface area (Å²) in [5.41, 5.74) is 3.10. The van der Waals surface area contributed by atoms with Crippen LogP contribution < -0.4 is 5.32 Å². The van der Waals surface area contributed by atoms with Crippen LogP contribution in [0.4, 0.5) is 4.39 Å². The second-order valence-electron chi connectivity index (χ2n) is 4.57. The van der Waals surface area contributed by atoms with E-state index < -0.39 is 0 Å². The van der Waals surface area contributed by atoms with E-state index in [0.717, 1.165) is 15.6 Å². The van der Waals surface area contributed by atoms with E-state index in [0.29, 0.717) is 13.0 Å². The topological polar surface area (TPSA) is 12.0 Å². The molecule has 2 aromatic carbocycles. The van der Waals surface area contributed by atoms with E-state index in [1.54, 1.807) is 6.07 Å². The summed E-state index contributed by atoms with van der Waals surface area (Å²) >= 11 is 3.33. The van der Waals surface area contributed by atoms with Gasteiger partial charge in [0.1, 0.15) is 5.82 Å².